The first-order valence-corrected chi connectivity index (χ1v) is 12.0. The van der Waals surface area contributed by atoms with E-state index in [9.17, 15) is 22.8 Å². The molecule has 0 atom stereocenters. The molecule has 3 rings (SSSR count). The van der Waals surface area contributed by atoms with Crippen LogP contribution in [-0.2, 0) is 30.4 Å². The van der Waals surface area contributed by atoms with Crippen LogP contribution in [0.1, 0.15) is 29.5 Å². The molecule has 0 unspecified atom stereocenters. The highest BCUT2D eigenvalue weighted by molar-refractivity contribution is 5.96. The summed E-state index contributed by atoms with van der Waals surface area (Å²) in [5.74, 6) is 3.33. The summed E-state index contributed by atoms with van der Waals surface area (Å²) in [6.07, 6.45) is -4.85. The lowest BCUT2D eigenvalue weighted by Crippen LogP contribution is -2.34. The molecule has 9 nitrogen and oxygen atoms in total. The third-order valence-corrected chi connectivity index (χ3v) is 5.18. The molecule has 39 heavy (non-hydrogen) atoms. The second kappa shape index (κ2) is 16.1. The Kier molecular flexibility index (Phi) is 12.9. The quantitative estimate of drug-likeness (QED) is 0.290. The number of carbonyl (C=O) groups excluding carboxylic acids is 2. The molecule has 0 saturated carbocycles. The number of benzene rings is 2. The van der Waals surface area contributed by atoms with E-state index in [0.29, 0.717) is 46.1 Å². The summed E-state index contributed by atoms with van der Waals surface area (Å²) in [6.45, 7) is 3.12. The third-order valence-electron chi connectivity index (χ3n) is 5.18. The van der Waals surface area contributed by atoms with Gasteiger partial charge in [-0.05, 0) is 23.8 Å². The number of rotatable bonds is 11. The van der Waals surface area contributed by atoms with E-state index in [0.717, 1.165) is 22.4 Å². The monoisotopic (exact) mass is 549 g/mol. The van der Waals surface area contributed by atoms with Crippen LogP contribution in [0.2, 0.25) is 0 Å². The van der Waals surface area contributed by atoms with Crippen molar-refractivity contribution in [3.05, 3.63) is 65.2 Å². The number of carboxylic acids is 1. The van der Waals surface area contributed by atoms with Crippen LogP contribution in [0.5, 0.6) is 0 Å². The number of nitrogens with one attached hydrogen (secondary N) is 1. The largest absolute Gasteiger partial charge is 0.490 e. The maximum atomic E-state index is 13.1. The molecular formula is C27H30F3N3O6. The molecule has 12 heteroatoms. The highest BCUT2D eigenvalue weighted by atomic mass is 19.4. The number of amides is 2. The standard InChI is InChI=1S/C25H29N3O4.C2HF3O2/c26-13-15-31-17-18-32-16-14-27-24(29)11-12-25(30)28-19-22-7-2-1-5-20(22)9-10-21-6-3-4-8-23(21)28;3-2(4,5)1(6)7/h1-8H,11-19,26H2,(H,27,29);(H,6,7). The van der Waals surface area contributed by atoms with Crippen LogP contribution in [0.3, 0.4) is 0 Å². The number of alkyl halides is 3. The second-order valence-electron chi connectivity index (χ2n) is 8.07. The molecule has 0 spiro atoms. The zero-order valence-corrected chi connectivity index (χ0v) is 21.1. The molecule has 2 amide bonds. The smallest absolute Gasteiger partial charge is 0.475 e. The van der Waals surface area contributed by atoms with Crippen molar-refractivity contribution >= 4 is 23.5 Å². The van der Waals surface area contributed by atoms with E-state index in [4.69, 9.17) is 25.1 Å². The Hall–Kier alpha value is -3.92. The lowest BCUT2D eigenvalue weighted by molar-refractivity contribution is -0.192. The molecule has 0 radical (unpaired) electrons. The van der Waals surface area contributed by atoms with Crippen LogP contribution in [0.4, 0.5) is 18.9 Å². The van der Waals surface area contributed by atoms with Gasteiger partial charge in [0.15, 0.2) is 0 Å². The summed E-state index contributed by atoms with van der Waals surface area (Å²) in [4.78, 5) is 35.9. The minimum absolute atomic E-state index is 0.112. The first kappa shape index (κ1) is 31.3. The Labute approximate surface area is 224 Å². The van der Waals surface area contributed by atoms with Crippen molar-refractivity contribution in [3.63, 3.8) is 0 Å². The van der Waals surface area contributed by atoms with Crippen molar-refractivity contribution < 1.29 is 42.1 Å². The molecule has 0 aliphatic carbocycles. The third kappa shape index (κ3) is 11.2. The van der Waals surface area contributed by atoms with E-state index in [-0.39, 0.29) is 24.7 Å². The summed E-state index contributed by atoms with van der Waals surface area (Å²) < 4.78 is 42.3. The maximum absolute atomic E-state index is 13.1. The fraction of sp³-hybridized carbons (Fsp3) is 0.370. The first-order chi connectivity index (χ1) is 18.6. The Bertz CT molecular complexity index is 1180. The van der Waals surface area contributed by atoms with Crippen molar-refractivity contribution in [2.24, 2.45) is 5.73 Å². The van der Waals surface area contributed by atoms with Gasteiger partial charge in [0, 0.05) is 37.1 Å². The van der Waals surface area contributed by atoms with Crippen molar-refractivity contribution in [3.8, 4) is 11.8 Å². The van der Waals surface area contributed by atoms with Crippen molar-refractivity contribution in [2.75, 3.05) is 44.4 Å². The number of nitrogens with zero attached hydrogens (tertiary/aromatic N) is 1. The number of hydrogen-bond donors (Lipinski definition) is 3. The van der Waals surface area contributed by atoms with Gasteiger partial charge < -0.3 is 30.5 Å². The van der Waals surface area contributed by atoms with E-state index in [2.05, 4.69) is 17.2 Å². The van der Waals surface area contributed by atoms with Crippen molar-refractivity contribution in [1.29, 1.82) is 0 Å². The molecule has 1 aliphatic heterocycles. The number of aliphatic carboxylic acids is 1. The number of anilines is 1. The number of halogens is 3. The normalized spacial score (nSPS) is 11.8. The number of hydrogen-bond acceptors (Lipinski definition) is 6. The molecule has 0 bridgehead atoms. The fourth-order valence-corrected chi connectivity index (χ4v) is 3.32. The molecule has 2 aromatic carbocycles. The highest BCUT2D eigenvalue weighted by Crippen LogP contribution is 2.26. The van der Waals surface area contributed by atoms with Crippen LogP contribution < -0.4 is 16.0 Å². The Morgan fingerprint density at radius 2 is 1.51 bits per heavy atom. The molecule has 2 aromatic rings. The Balaban J connectivity index is 0.000000673. The van der Waals surface area contributed by atoms with Crippen molar-refractivity contribution in [1.82, 2.24) is 5.32 Å². The minimum Gasteiger partial charge on any atom is -0.475 e. The predicted molar refractivity (Wildman–Crippen MR) is 137 cm³/mol. The Morgan fingerprint density at radius 1 is 0.923 bits per heavy atom. The van der Waals surface area contributed by atoms with E-state index < -0.39 is 12.1 Å². The average Bonchev–Trinajstić information content (AvgIpc) is 2.90. The lowest BCUT2D eigenvalue weighted by atomic mass is 10.0. The summed E-state index contributed by atoms with van der Waals surface area (Å²) >= 11 is 0. The van der Waals surface area contributed by atoms with Crippen LogP contribution in [-0.4, -0.2) is 68.6 Å². The molecule has 1 aliphatic rings. The van der Waals surface area contributed by atoms with Gasteiger partial charge in [0.05, 0.1) is 38.7 Å². The highest BCUT2D eigenvalue weighted by Gasteiger charge is 2.38. The van der Waals surface area contributed by atoms with E-state index in [1.54, 1.807) is 4.90 Å². The Morgan fingerprint density at radius 3 is 2.18 bits per heavy atom. The SMILES string of the molecule is NCCOCCOCCNC(=O)CCC(=O)N1Cc2ccccc2C#Cc2ccccc21.O=C(O)C(F)(F)F. The zero-order valence-electron chi connectivity index (χ0n) is 21.1. The molecule has 0 aromatic heterocycles. The first-order valence-electron chi connectivity index (χ1n) is 12.0. The average molecular weight is 550 g/mol. The van der Waals surface area contributed by atoms with Gasteiger partial charge in [0.25, 0.3) is 0 Å². The number of carbonyl (C=O) groups is 3. The summed E-state index contributed by atoms with van der Waals surface area (Å²) in [5, 5.41) is 9.91. The number of para-hydroxylation sites is 1. The van der Waals surface area contributed by atoms with E-state index >= 15 is 0 Å². The molecule has 4 N–H and O–H groups in total. The van der Waals surface area contributed by atoms with Gasteiger partial charge in [0.2, 0.25) is 11.8 Å². The number of ether oxygens (including phenoxy) is 2. The van der Waals surface area contributed by atoms with Crippen LogP contribution in [0.15, 0.2) is 48.5 Å². The molecule has 1 heterocycles. The van der Waals surface area contributed by atoms with Crippen LogP contribution >= 0.6 is 0 Å². The minimum atomic E-state index is -5.08. The van der Waals surface area contributed by atoms with Gasteiger partial charge in [-0.1, -0.05) is 42.2 Å². The maximum Gasteiger partial charge on any atom is 0.490 e. The van der Waals surface area contributed by atoms with E-state index in [1.807, 2.05) is 48.5 Å². The van der Waals surface area contributed by atoms with Gasteiger partial charge in [-0.25, -0.2) is 4.79 Å². The zero-order chi connectivity index (χ0) is 28.7. The van der Waals surface area contributed by atoms with Gasteiger partial charge in [-0.15, -0.1) is 0 Å². The second-order valence-corrected chi connectivity index (χ2v) is 8.07. The lowest BCUT2D eigenvalue weighted by Gasteiger charge is -2.26. The summed E-state index contributed by atoms with van der Waals surface area (Å²) in [6, 6.07) is 15.4. The predicted octanol–water partition coefficient (Wildman–Crippen LogP) is 2.45. The van der Waals surface area contributed by atoms with Gasteiger partial charge in [-0.2, -0.15) is 13.2 Å². The van der Waals surface area contributed by atoms with Crippen LogP contribution in [0.25, 0.3) is 0 Å². The van der Waals surface area contributed by atoms with Gasteiger partial charge >= 0.3 is 12.1 Å². The fourth-order valence-electron chi connectivity index (χ4n) is 3.32. The van der Waals surface area contributed by atoms with E-state index in [1.165, 1.54) is 0 Å². The molecule has 0 fully saturated rings. The molecular weight excluding hydrogens is 519 g/mol. The summed E-state index contributed by atoms with van der Waals surface area (Å²) in [5.41, 5.74) is 8.80. The summed E-state index contributed by atoms with van der Waals surface area (Å²) in [7, 11) is 0. The molecule has 0 saturated heterocycles. The number of carboxylic acid groups (broad SMARTS) is 1. The number of nitrogens with two attached hydrogens (primary N) is 1. The topological polar surface area (TPSA) is 131 Å². The molecule has 210 valence electrons. The number of fused-ring (bicyclic) bond motifs is 2. The van der Waals surface area contributed by atoms with Gasteiger partial charge in [-0.3, -0.25) is 9.59 Å². The van der Waals surface area contributed by atoms with Gasteiger partial charge in [0.1, 0.15) is 0 Å². The van der Waals surface area contributed by atoms with Crippen molar-refractivity contribution in [2.45, 2.75) is 25.6 Å². The van der Waals surface area contributed by atoms with Crippen LogP contribution in [0, 0.1) is 11.8 Å².